The minimum absolute atomic E-state index is 0.0280. The number of phenols is 1. The van der Waals surface area contributed by atoms with Crippen LogP contribution >= 0.6 is 0 Å². The number of benzene rings is 4. The second kappa shape index (κ2) is 10.1. The van der Waals surface area contributed by atoms with Crippen LogP contribution in [-0.4, -0.2) is 42.0 Å². The van der Waals surface area contributed by atoms with Gasteiger partial charge >= 0.3 is 0 Å². The van der Waals surface area contributed by atoms with Gasteiger partial charge in [-0.3, -0.25) is 9.69 Å². The van der Waals surface area contributed by atoms with Crippen LogP contribution in [0.15, 0.2) is 84.9 Å². The third-order valence-corrected chi connectivity index (χ3v) is 6.58. The van der Waals surface area contributed by atoms with Crippen LogP contribution in [-0.2, 0) is 0 Å². The third kappa shape index (κ3) is 4.82. The molecule has 0 bridgehead atoms. The van der Waals surface area contributed by atoms with E-state index in [9.17, 15) is 9.90 Å². The smallest absolute Gasteiger partial charge is 0.194 e. The number of rotatable bonds is 7. The summed E-state index contributed by atoms with van der Waals surface area (Å²) < 4.78 is 5.95. The standard InChI is InChI=1S/C30H29NO3/c32-25-13-8-23(9-14-25)28-17-12-22-6-2-3-7-27(22)29(28)30(33)24-10-15-26(16-11-24)34-21-20-31-18-4-1-5-19-31/h2-3,6-17,32H,1,4-5,18-21H2. The predicted octanol–water partition coefficient (Wildman–Crippen LogP) is 6.31. The van der Waals surface area contributed by atoms with Gasteiger partial charge in [0.15, 0.2) is 5.78 Å². The van der Waals surface area contributed by atoms with Crippen molar-refractivity contribution in [3.8, 4) is 22.6 Å². The van der Waals surface area contributed by atoms with Crippen LogP contribution in [0.25, 0.3) is 21.9 Å². The van der Waals surface area contributed by atoms with E-state index in [0.29, 0.717) is 17.7 Å². The van der Waals surface area contributed by atoms with Gasteiger partial charge in [-0.2, -0.15) is 0 Å². The van der Waals surface area contributed by atoms with Crippen LogP contribution < -0.4 is 4.74 Å². The van der Waals surface area contributed by atoms with Gasteiger partial charge in [-0.1, -0.05) is 55.0 Å². The van der Waals surface area contributed by atoms with Crippen molar-refractivity contribution < 1.29 is 14.6 Å². The molecule has 1 aliphatic rings. The number of ketones is 1. The molecule has 0 spiro atoms. The third-order valence-electron chi connectivity index (χ3n) is 6.58. The van der Waals surface area contributed by atoms with Crippen LogP contribution in [0.2, 0.25) is 0 Å². The summed E-state index contributed by atoms with van der Waals surface area (Å²) in [6.45, 7) is 3.91. The molecule has 172 valence electrons. The molecular weight excluding hydrogens is 422 g/mol. The fourth-order valence-electron chi connectivity index (χ4n) is 4.72. The SMILES string of the molecule is O=C(c1ccc(OCCN2CCCCC2)cc1)c1c(-c2ccc(O)cc2)ccc2ccccc12. The number of phenolic OH excluding ortho intramolecular Hbond substituents is 1. The first-order chi connectivity index (χ1) is 16.7. The van der Waals surface area contributed by atoms with Gasteiger partial charge in [0, 0.05) is 17.7 Å². The van der Waals surface area contributed by atoms with Crippen LogP contribution in [0.1, 0.15) is 35.2 Å². The van der Waals surface area contributed by atoms with E-state index >= 15 is 0 Å². The summed E-state index contributed by atoms with van der Waals surface area (Å²) in [4.78, 5) is 16.2. The highest BCUT2D eigenvalue weighted by atomic mass is 16.5. The minimum Gasteiger partial charge on any atom is -0.508 e. The molecule has 5 rings (SSSR count). The van der Waals surface area contributed by atoms with Gasteiger partial charge in [0.1, 0.15) is 18.1 Å². The van der Waals surface area contributed by atoms with Crippen LogP contribution in [0.5, 0.6) is 11.5 Å². The molecule has 4 nitrogen and oxygen atoms in total. The van der Waals surface area contributed by atoms with Crippen molar-refractivity contribution in [1.29, 1.82) is 0 Å². The predicted molar refractivity (Wildman–Crippen MR) is 137 cm³/mol. The lowest BCUT2D eigenvalue weighted by molar-refractivity contribution is 0.104. The van der Waals surface area contributed by atoms with Gasteiger partial charge < -0.3 is 9.84 Å². The van der Waals surface area contributed by atoms with Crippen molar-refractivity contribution in [3.63, 3.8) is 0 Å². The normalized spacial score (nSPS) is 14.2. The van der Waals surface area contributed by atoms with Crippen molar-refractivity contribution in [1.82, 2.24) is 4.90 Å². The summed E-state index contributed by atoms with van der Waals surface area (Å²) in [5.74, 6) is 0.957. The van der Waals surface area contributed by atoms with Gasteiger partial charge in [0.2, 0.25) is 0 Å². The number of piperidine rings is 1. The zero-order valence-corrected chi connectivity index (χ0v) is 19.2. The van der Waals surface area contributed by atoms with Crippen LogP contribution in [0.3, 0.4) is 0 Å². The number of nitrogens with zero attached hydrogens (tertiary/aromatic N) is 1. The lowest BCUT2D eigenvalue weighted by atomic mass is 9.89. The summed E-state index contributed by atoms with van der Waals surface area (Å²) in [7, 11) is 0. The average Bonchev–Trinajstić information content (AvgIpc) is 2.89. The maximum atomic E-state index is 13.8. The Morgan fingerprint density at radius 1 is 0.824 bits per heavy atom. The fourth-order valence-corrected chi connectivity index (χ4v) is 4.72. The number of likely N-dealkylation sites (tertiary alicyclic amines) is 1. The molecule has 1 saturated heterocycles. The Morgan fingerprint density at radius 3 is 2.32 bits per heavy atom. The van der Waals surface area contributed by atoms with Crippen molar-refractivity contribution in [3.05, 3.63) is 96.1 Å². The van der Waals surface area contributed by atoms with E-state index in [1.54, 1.807) is 12.1 Å². The maximum absolute atomic E-state index is 13.8. The Bertz CT molecular complexity index is 1270. The van der Waals surface area contributed by atoms with E-state index in [1.807, 2.05) is 72.8 Å². The lowest BCUT2D eigenvalue weighted by Gasteiger charge is -2.26. The van der Waals surface area contributed by atoms with E-state index in [4.69, 9.17) is 4.74 Å². The van der Waals surface area contributed by atoms with E-state index in [0.717, 1.165) is 47.3 Å². The van der Waals surface area contributed by atoms with E-state index in [1.165, 1.54) is 19.3 Å². The Balaban J connectivity index is 1.40. The second-order valence-corrected chi connectivity index (χ2v) is 8.86. The van der Waals surface area contributed by atoms with Crippen molar-refractivity contribution in [2.45, 2.75) is 19.3 Å². The Labute approximate surface area is 200 Å². The fraction of sp³-hybridized carbons (Fsp3) is 0.233. The molecule has 0 atom stereocenters. The molecule has 0 radical (unpaired) electrons. The zero-order valence-electron chi connectivity index (χ0n) is 19.2. The van der Waals surface area contributed by atoms with E-state index in [-0.39, 0.29) is 11.5 Å². The van der Waals surface area contributed by atoms with Gasteiger partial charge in [-0.25, -0.2) is 0 Å². The number of fused-ring (bicyclic) bond motifs is 1. The molecule has 34 heavy (non-hydrogen) atoms. The molecule has 0 unspecified atom stereocenters. The first kappa shape index (κ1) is 22.2. The zero-order chi connectivity index (χ0) is 23.3. The molecule has 1 heterocycles. The Hall–Kier alpha value is -3.63. The molecule has 4 aromatic rings. The van der Waals surface area contributed by atoms with E-state index in [2.05, 4.69) is 4.90 Å². The molecular formula is C30H29NO3. The van der Waals surface area contributed by atoms with Gasteiger partial charge in [0.25, 0.3) is 0 Å². The number of ether oxygens (including phenoxy) is 1. The number of carbonyl (C=O) groups is 1. The first-order valence-corrected chi connectivity index (χ1v) is 12.0. The monoisotopic (exact) mass is 451 g/mol. The van der Waals surface area contributed by atoms with Crippen LogP contribution in [0, 0.1) is 0 Å². The highest BCUT2D eigenvalue weighted by Gasteiger charge is 2.19. The van der Waals surface area contributed by atoms with Crippen molar-refractivity contribution >= 4 is 16.6 Å². The van der Waals surface area contributed by atoms with E-state index < -0.39 is 0 Å². The topological polar surface area (TPSA) is 49.8 Å². The highest BCUT2D eigenvalue weighted by Crippen LogP contribution is 2.33. The number of hydrogen-bond acceptors (Lipinski definition) is 4. The quantitative estimate of drug-likeness (QED) is 0.335. The molecule has 1 N–H and O–H groups in total. The minimum atomic E-state index is -0.0280. The maximum Gasteiger partial charge on any atom is 0.194 e. The summed E-state index contributed by atoms with van der Waals surface area (Å²) in [6, 6.07) is 26.4. The number of hydrogen-bond donors (Lipinski definition) is 1. The summed E-state index contributed by atoms with van der Waals surface area (Å²) in [5, 5.41) is 11.6. The van der Waals surface area contributed by atoms with Gasteiger partial charge in [0.05, 0.1) is 0 Å². The average molecular weight is 452 g/mol. The molecule has 4 heteroatoms. The molecule has 0 amide bonds. The molecule has 4 aromatic carbocycles. The molecule has 0 aliphatic carbocycles. The molecule has 0 saturated carbocycles. The summed E-state index contributed by atoms with van der Waals surface area (Å²) >= 11 is 0. The highest BCUT2D eigenvalue weighted by molar-refractivity contribution is 6.20. The first-order valence-electron chi connectivity index (χ1n) is 12.0. The molecule has 1 fully saturated rings. The summed E-state index contributed by atoms with van der Waals surface area (Å²) in [6.07, 6.45) is 3.88. The van der Waals surface area contributed by atoms with Crippen LogP contribution in [0.4, 0.5) is 0 Å². The Morgan fingerprint density at radius 2 is 1.56 bits per heavy atom. The van der Waals surface area contributed by atoms with Crippen molar-refractivity contribution in [2.24, 2.45) is 0 Å². The largest absolute Gasteiger partial charge is 0.508 e. The Kier molecular flexibility index (Phi) is 6.59. The summed E-state index contributed by atoms with van der Waals surface area (Å²) in [5.41, 5.74) is 3.04. The van der Waals surface area contributed by atoms with Gasteiger partial charge in [-0.15, -0.1) is 0 Å². The number of carbonyl (C=O) groups excluding carboxylic acids is 1. The number of aromatic hydroxyl groups is 1. The molecule has 0 aromatic heterocycles. The molecule has 1 aliphatic heterocycles. The van der Waals surface area contributed by atoms with Crippen molar-refractivity contribution in [2.75, 3.05) is 26.2 Å². The second-order valence-electron chi connectivity index (χ2n) is 8.86. The lowest BCUT2D eigenvalue weighted by Crippen LogP contribution is -2.33. The van der Waals surface area contributed by atoms with Gasteiger partial charge in [-0.05, 0) is 84.2 Å².